The molecule has 38 heavy (non-hydrogen) atoms. The lowest BCUT2D eigenvalue weighted by Crippen LogP contribution is -2.11. The zero-order valence-electron chi connectivity index (χ0n) is 22.7. The Morgan fingerprint density at radius 3 is 2.42 bits per heavy atom. The lowest BCUT2D eigenvalue weighted by molar-refractivity contribution is 0.0589. The van der Waals surface area contributed by atoms with Gasteiger partial charge < -0.3 is 24.5 Å². The number of aromatic nitrogens is 4. The molecule has 2 N–H and O–H groups in total. The van der Waals surface area contributed by atoms with Gasteiger partial charge in [-0.15, -0.1) is 0 Å². The van der Waals surface area contributed by atoms with E-state index in [9.17, 15) is 4.79 Å². The molecule has 0 saturated heterocycles. The first-order chi connectivity index (χ1) is 18.2. The Hall–Kier alpha value is -4.40. The summed E-state index contributed by atoms with van der Waals surface area (Å²) in [6, 6.07) is 10.2. The average molecular weight is 516 g/mol. The summed E-state index contributed by atoms with van der Waals surface area (Å²) in [4.78, 5) is 24.9. The van der Waals surface area contributed by atoms with Gasteiger partial charge in [0.15, 0.2) is 0 Å². The number of carbonyl (C=O) groups is 1. The molecule has 4 aromatic rings. The maximum absolute atomic E-state index is 12.0. The molecule has 0 saturated carbocycles. The van der Waals surface area contributed by atoms with E-state index < -0.39 is 5.97 Å². The van der Waals surface area contributed by atoms with Crippen molar-refractivity contribution in [3.05, 3.63) is 93.2 Å². The van der Waals surface area contributed by atoms with Crippen molar-refractivity contribution in [2.45, 2.75) is 47.3 Å². The molecule has 2 aromatic carbocycles. The maximum atomic E-state index is 12.0. The fraction of sp³-hybridized carbons (Fsp3) is 0.310. The van der Waals surface area contributed by atoms with E-state index in [1.54, 1.807) is 18.0 Å². The van der Waals surface area contributed by atoms with Gasteiger partial charge in [0, 0.05) is 18.5 Å². The second-order valence-corrected chi connectivity index (χ2v) is 9.34. The van der Waals surface area contributed by atoms with Crippen LogP contribution in [0, 0.1) is 27.7 Å². The summed E-state index contributed by atoms with van der Waals surface area (Å²) in [6.45, 7) is 8.98. The van der Waals surface area contributed by atoms with Gasteiger partial charge in [0.2, 0.25) is 11.8 Å². The smallest absolute Gasteiger partial charge is 0.356 e. The quantitative estimate of drug-likeness (QED) is 0.324. The van der Waals surface area contributed by atoms with E-state index in [0.29, 0.717) is 36.9 Å². The molecule has 4 rings (SSSR count). The molecule has 2 aromatic heterocycles. The van der Waals surface area contributed by atoms with Gasteiger partial charge >= 0.3 is 5.97 Å². The second kappa shape index (κ2) is 11.3. The van der Waals surface area contributed by atoms with Gasteiger partial charge in [0.25, 0.3) is 0 Å². The Kier molecular flexibility index (Phi) is 7.95. The number of nitrogen functional groups attached to an aromatic ring is 1. The Balaban J connectivity index is 1.60. The fourth-order valence-corrected chi connectivity index (χ4v) is 4.63. The zero-order chi connectivity index (χ0) is 27.4. The molecule has 0 aliphatic carbocycles. The Bertz CT molecular complexity index is 1460. The number of esters is 1. The summed E-state index contributed by atoms with van der Waals surface area (Å²) in [6.07, 6.45) is 3.58. The molecule has 0 fully saturated rings. The number of rotatable bonds is 9. The van der Waals surface area contributed by atoms with Crippen molar-refractivity contribution in [1.82, 2.24) is 19.5 Å². The number of anilines is 1. The van der Waals surface area contributed by atoms with Crippen LogP contribution in [-0.2, 0) is 24.3 Å². The number of nitrogens with two attached hydrogens (primary N) is 1. The molecule has 0 aliphatic heterocycles. The first-order valence-corrected chi connectivity index (χ1v) is 12.3. The minimum Gasteiger partial charge on any atom is -0.496 e. The molecular weight excluding hydrogens is 482 g/mol. The lowest BCUT2D eigenvalue weighted by atomic mass is 10.0. The number of ether oxygens (including phenoxy) is 3. The molecule has 0 radical (unpaired) electrons. The zero-order valence-corrected chi connectivity index (χ0v) is 22.7. The van der Waals surface area contributed by atoms with E-state index in [-0.39, 0.29) is 5.95 Å². The Labute approximate surface area is 222 Å². The predicted octanol–water partition coefficient (Wildman–Crippen LogP) is 4.50. The summed E-state index contributed by atoms with van der Waals surface area (Å²) in [5, 5.41) is 0. The highest BCUT2D eigenvalue weighted by molar-refractivity contribution is 5.87. The molecule has 0 spiro atoms. The Morgan fingerprint density at radius 2 is 1.74 bits per heavy atom. The third kappa shape index (κ3) is 5.77. The minimum atomic E-state index is -0.437. The van der Waals surface area contributed by atoms with Gasteiger partial charge in [-0.1, -0.05) is 29.8 Å². The van der Waals surface area contributed by atoms with Crippen LogP contribution in [0.5, 0.6) is 11.6 Å². The molecule has 0 amide bonds. The van der Waals surface area contributed by atoms with Crippen LogP contribution in [0.25, 0.3) is 0 Å². The van der Waals surface area contributed by atoms with Crippen molar-refractivity contribution in [2.24, 2.45) is 0 Å². The van der Waals surface area contributed by atoms with Crippen LogP contribution >= 0.6 is 0 Å². The van der Waals surface area contributed by atoms with Gasteiger partial charge in [-0.05, 0) is 61.6 Å². The average Bonchev–Trinajstić information content (AvgIpc) is 3.33. The number of imidazole rings is 1. The molecule has 2 heterocycles. The first kappa shape index (κ1) is 26.7. The minimum absolute atomic E-state index is 0.169. The van der Waals surface area contributed by atoms with E-state index in [0.717, 1.165) is 27.9 Å². The number of hydrogen-bond acceptors (Lipinski definition) is 8. The maximum Gasteiger partial charge on any atom is 0.356 e. The van der Waals surface area contributed by atoms with Gasteiger partial charge in [0.05, 0.1) is 32.4 Å². The van der Waals surface area contributed by atoms with E-state index in [4.69, 9.17) is 19.9 Å². The van der Waals surface area contributed by atoms with Crippen molar-refractivity contribution >= 4 is 11.9 Å². The van der Waals surface area contributed by atoms with Crippen LogP contribution < -0.4 is 15.2 Å². The number of nitrogens with zero attached hydrogens (tertiary/aromatic N) is 4. The lowest BCUT2D eigenvalue weighted by Gasteiger charge is -2.17. The molecule has 9 nitrogen and oxygen atoms in total. The highest BCUT2D eigenvalue weighted by Gasteiger charge is 2.18. The van der Waals surface area contributed by atoms with Gasteiger partial charge in [0.1, 0.15) is 18.1 Å². The predicted molar refractivity (Wildman–Crippen MR) is 145 cm³/mol. The number of hydrogen-bond donors (Lipinski definition) is 1. The fourth-order valence-electron chi connectivity index (χ4n) is 4.63. The van der Waals surface area contributed by atoms with Crippen LogP contribution in [0.4, 0.5) is 5.95 Å². The molecule has 9 heteroatoms. The van der Waals surface area contributed by atoms with Gasteiger partial charge in [-0.3, -0.25) is 0 Å². The number of carbonyl (C=O) groups excluding carboxylic acids is 1. The third-order valence-electron chi connectivity index (χ3n) is 6.57. The standard InChI is InChI=1S/C29H33N5O4/c1-17-9-18(2)24(19(3)10-17)15-38-27-23(20(4)32-29(30)33-27)12-22-8-7-21(11-26(22)36-5)14-34-16-31-13-25(34)28(35)37-6/h7-11,13,16H,12,14-15H2,1-6H3,(H2,30,32,33). The third-order valence-corrected chi connectivity index (χ3v) is 6.57. The highest BCUT2D eigenvalue weighted by Crippen LogP contribution is 2.30. The number of aryl methyl sites for hydroxylation is 4. The summed E-state index contributed by atoms with van der Waals surface area (Å²) in [7, 11) is 2.98. The molecule has 0 atom stereocenters. The SMILES string of the molecule is COC(=O)c1cncn1Cc1ccc(Cc2c(C)nc(N)nc2OCc2c(C)cc(C)cc2C)c(OC)c1. The molecular formula is C29H33N5O4. The Morgan fingerprint density at radius 1 is 1.00 bits per heavy atom. The van der Waals surface area contributed by atoms with Crippen LogP contribution in [0.3, 0.4) is 0 Å². The molecule has 0 bridgehead atoms. The second-order valence-electron chi connectivity index (χ2n) is 9.34. The highest BCUT2D eigenvalue weighted by atomic mass is 16.5. The van der Waals surface area contributed by atoms with Crippen LogP contribution in [-0.4, -0.2) is 39.7 Å². The van der Waals surface area contributed by atoms with Crippen molar-refractivity contribution in [3.63, 3.8) is 0 Å². The van der Waals surface area contributed by atoms with E-state index in [1.165, 1.54) is 30.0 Å². The summed E-state index contributed by atoms with van der Waals surface area (Å²) in [5.41, 5.74) is 14.5. The van der Waals surface area contributed by atoms with Gasteiger partial charge in [-0.25, -0.2) is 14.8 Å². The van der Waals surface area contributed by atoms with Crippen molar-refractivity contribution < 1.29 is 19.0 Å². The van der Waals surface area contributed by atoms with Crippen molar-refractivity contribution in [1.29, 1.82) is 0 Å². The first-order valence-electron chi connectivity index (χ1n) is 12.3. The van der Waals surface area contributed by atoms with Crippen molar-refractivity contribution in [3.8, 4) is 11.6 Å². The molecule has 0 unspecified atom stereocenters. The monoisotopic (exact) mass is 515 g/mol. The van der Waals surface area contributed by atoms with E-state index in [2.05, 4.69) is 47.9 Å². The van der Waals surface area contributed by atoms with Crippen LogP contribution in [0.1, 0.15) is 55.1 Å². The molecule has 0 aliphatic rings. The number of benzene rings is 2. The normalized spacial score (nSPS) is 10.9. The van der Waals surface area contributed by atoms with Crippen LogP contribution in [0.15, 0.2) is 42.9 Å². The molecule has 198 valence electrons. The topological polar surface area (TPSA) is 114 Å². The largest absolute Gasteiger partial charge is 0.496 e. The summed E-state index contributed by atoms with van der Waals surface area (Å²) in [5.74, 6) is 0.896. The van der Waals surface area contributed by atoms with Crippen molar-refractivity contribution in [2.75, 3.05) is 20.0 Å². The van der Waals surface area contributed by atoms with Crippen LogP contribution in [0.2, 0.25) is 0 Å². The number of methoxy groups -OCH3 is 2. The summed E-state index contributed by atoms with van der Waals surface area (Å²) >= 11 is 0. The van der Waals surface area contributed by atoms with Gasteiger partial charge in [-0.2, -0.15) is 4.98 Å². The summed E-state index contributed by atoms with van der Waals surface area (Å²) < 4.78 is 18.6. The van der Waals surface area contributed by atoms with E-state index in [1.807, 2.05) is 25.1 Å². The van der Waals surface area contributed by atoms with E-state index >= 15 is 0 Å².